The fourth-order valence-electron chi connectivity index (χ4n) is 1.02. The second kappa shape index (κ2) is 4.82. The number of aromatic amines is 1. The average molecular weight is 180 g/mol. The molecule has 0 saturated carbocycles. The highest BCUT2D eigenvalue weighted by molar-refractivity contribution is 5.08. The zero-order valence-electron chi connectivity index (χ0n) is 8.13. The lowest BCUT2D eigenvalue weighted by atomic mass is 10.2. The molecule has 0 radical (unpaired) electrons. The van der Waals surface area contributed by atoms with Crippen molar-refractivity contribution in [3.63, 3.8) is 0 Å². The number of aromatic nitrogens is 1. The first-order valence-corrected chi connectivity index (χ1v) is 4.63. The Morgan fingerprint density at radius 1 is 1.62 bits per heavy atom. The van der Waals surface area contributed by atoms with Crippen molar-refractivity contribution >= 4 is 0 Å². The minimum atomic E-state index is 0.0922. The zero-order chi connectivity index (χ0) is 9.68. The van der Waals surface area contributed by atoms with Crippen LogP contribution >= 0.6 is 0 Å². The van der Waals surface area contributed by atoms with Crippen LogP contribution in [0.1, 0.15) is 25.8 Å². The SMILES string of the molecule is CCC(C)NCc1c[nH]ccc1=O. The van der Waals surface area contributed by atoms with E-state index in [0.717, 1.165) is 12.0 Å². The van der Waals surface area contributed by atoms with E-state index in [2.05, 4.69) is 24.1 Å². The van der Waals surface area contributed by atoms with Crippen molar-refractivity contribution in [2.24, 2.45) is 0 Å². The summed E-state index contributed by atoms with van der Waals surface area (Å²) in [6.07, 6.45) is 4.47. The Kier molecular flexibility index (Phi) is 3.71. The summed E-state index contributed by atoms with van der Waals surface area (Å²) in [5.74, 6) is 0. The molecule has 0 aliphatic rings. The topological polar surface area (TPSA) is 44.9 Å². The molecule has 0 bridgehead atoms. The number of hydrogen-bond acceptors (Lipinski definition) is 2. The largest absolute Gasteiger partial charge is 0.367 e. The first-order valence-electron chi connectivity index (χ1n) is 4.63. The molecule has 1 heterocycles. The third-order valence-electron chi connectivity index (χ3n) is 2.16. The maximum Gasteiger partial charge on any atom is 0.186 e. The van der Waals surface area contributed by atoms with E-state index >= 15 is 0 Å². The Hall–Kier alpha value is -1.09. The summed E-state index contributed by atoms with van der Waals surface area (Å²) in [5.41, 5.74) is 0.886. The van der Waals surface area contributed by atoms with Gasteiger partial charge in [0.25, 0.3) is 0 Å². The molecule has 1 aromatic rings. The third-order valence-corrected chi connectivity index (χ3v) is 2.16. The van der Waals surface area contributed by atoms with Gasteiger partial charge in [-0.1, -0.05) is 6.92 Å². The third kappa shape index (κ3) is 3.03. The van der Waals surface area contributed by atoms with Gasteiger partial charge < -0.3 is 10.3 Å². The van der Waals surface area contributed by atoms with Crippen LogP contribution in [-0.4, -0.2) is 11.0 Å². The molecule has 2 N–H and O–H groups in total. The van der Waals surface area contributed by atoms with Crippen LogP contribution in [0.2, 0.25) is 0 Å². The summed E-state index contributed by atoms with van der Waals surface area (Å²) < 4.78 is 0. The van der Waals surface area contributed by atoms with Crippen LogP contribution in [0.5, 0.6) is 0 Å². The molecule has 0 saturated heterocycles. The lowest BCUT2D eigenvalue weighted by Gasteiger charge is -2.09. The first kappa shape index (κ1) is 9.99. The van der Waals surface area contributed by atoms with Gasteiger partial charge in [-0.2, -0.15) is 0 Å². The highest BCUT2D eigenvalue weighted by atomic mass is 16.1. The van der Waals surface area contributed by atoms with Gasteiger partial charge in [0.15, 0.2) is 5.43 Å². The van der Waals surface area contributed by atoms with E-state index in [1.54, 1.807) is 18.5 Å². The Bertz CT molecular complexity index is 306. The van der Waals surface area contributed by atoms with Gasteiger partial charge in [0.2, 0.25) is 0 Å². The highest BCUT2D eigenvalue weighted by Gasteiger charge is 2.00. The Morgan fingerprint density at radius 2 is 2.38 bits per heavy atom. The predicted molar refractivity (Wildman–Crippen MR) is 53.7 cm³/mol. The lowest BCUT2D eigenvalue weighted by molar-refractivity contribution is 0.532. The van der Waals surface area contributed by atoms with Crippen molar-refractivity contribution in [2.45, 2.75) is 32.9 Å². The number of pyridine rings is 1. The molecule has 13 heavy (non-hydrogen) atoms. The summed E-state index contributed by atoms with van der Waals surface area (Å²) in [7, 11) is 0. The molecular formula is C10H16N2O. The van der Waals surface area contributed by atoms with E-state index in [0.29, 0.717) is 12.6 Å². The predicted octanol–water partition coefficient (Wildman–Crippen LogP) is 1.26. The number of rotatable bonds is 4. The van der Waals surface area contributed by atoms with E-state index < -0.39 is 0 Å². The molecule has 1 aromatic heterocycles. The van der Waals surface area contributed by atoms with Crippen LogP contribution in [0.25, 0.3) is 0 Å². The van der Waals surface area contributed by atoms with E-state index in [1.807, 2.05) is 0 Å². The van der Waals surface area contributed by atoms with Crippen LogP contribution in [0.4, 0.5) is 0 Å². The van der Waals surface area contributed by atoms with Gasteiger partial charge in [-0.15, -0.1) is 0 Å². The summed E-state index contributed by atoms with van der Waals surface area (Å²) in [6, 6.07) is 2.01. The molecule has 1 atom stereocenters. The first-order chi connectivity index (χ1) is 6.24. The van der Waals surface area contributed by atoms with Gasteiger partial charge in [-0.05, 0) is 13.3 Å². The minimum Gasteiger partial charge on any atom is -0.367 e. The van der Waals surface area contributed by atoms with E-state index in [4.69, 9.17) is 0 Å². The maximum atomic E-state index is 11.3. The molecule has 0 amide bonds. The second-order valence-electron chi connectivity index (χ2n) is 3.22. The number of nitrogens with one attached hydrogen (secondary N) is 2. The zero-order valence-corrected chi connectivity index (χ0v) is 8.13. The molecule has 1 rings (SSSR count). The van der Waals surface area contributed by atoms with Crippen molar-refractivity contribution in [1.29, 1.82) is 0 Å². The quantitative estimate of drug-likeness (QED) is 0.732. The minimum absolute atomic E-state index is 0.0922. The molecule has 3 heteroatoms. The normalized spacial score (nSPS) is 12.8. The van der Waals surface area contributed by atoms with Crippen LogP contribution < -0.4 is 10.7 Å². The summed E-state index contributed by atoms with van der Waals surface area (Å²) in [5, 5.41) is 3.27. The van der Waals surface area contributed by atoms with Crippen molar-refractivity contribution in [3.05, 3.63) is 34.2 Å². The molecule has 0 fully saturated rings. The summed E-state index contributed by atoms with van der Waals surface area (Å²) in [6.45, 7) is 4.87. The molecule has 0 aromatic carbocycles. The fraction of sp³-hybridized carbons (Fsp3) is 0.500. The smallest absolute Gasteiger partial charge is 0.186 e. The van der Waals surface area contributed by atoms with Crippen molar-refractivity contribution in [2.75, 3.05) is 0 Å². The van der Waals surface area contributed by atoms with Crippen LogP contribution in [0.15, 0.2) is 23.3 Å². The molecule has 3 nitrogen and oxygen atoms in total. The van der Waals surface area contributed by atoms with Crippen LogP contribution in [0, 0.1) is 0 Å². The van der Waals surface area contributed by atoms with E-state index in [1.165, 1.54) is 0 Å². The standard InChI is InChI=1S/C10H16N2O/c1-3-8(2)12-7-9-6-11-5-4-10(9)13/h4-6,8,12H,3,7H2,1-2H3,(H,11,13). The second-order valence-corrected chi connectivity index (χ2v) is 3.22. The fourth-order valence-corrected chi connectivity index (χ4v) is 1.02. The van der Waals surface area contributed by atoms with E-state index in [-0.39, 0.29) is 5.43 Å². The van der Waals surface area contributed by atoms with E-state index in [9.17, 15) is 4.79 Å². The number of H-pyrrole nitrogens is 1. The summed E-state index contributed by atoms with van der Waals surface area (Å²) in [4.78, 5) is 14.2. The van der Waals surface area contributed by atoms with Gasteiger partial charge in [-0.3, -0.25) is 4.79 Å². The van der Waals surface area contributed by atoms with Crippen molar-refractivity contribution in [1.82, 2.24) is 10.3 Å². The van der Waals surface area contributed by atoms with Gasteiger partial charge >= 0.3 is 0 Å². The molecular weight excluding hydrogens is 164 g/mol. The van der Waals surface area contributed by atoms with Crippen LogP contribution in [-0.2, 0) is 6.54 Å². The number of hydrogen-bond donors (Lipinski definition) is 2. The summed E-state index contributed by atoms with van der Waals surface area (Å²) >= 11 is 0. The van der Waals surface area contributed by atoms with Gasteiger partial charge in [0.05, 0.1) is 0 Å². The Morgan fingerprint density at radius 3 is 3.00 bits per heavy atom. The van der Waals surface area contributed by atoms with Gasteiger partial charge in [0.1, 0.15) is 0 Å². The molecule has 0 spiro atoms. The molecule has 72 valence electrons. The molecule has 1 unspecified atom stereocenters. The Balaban J connectivity index is 2.55. The Labute approximate surface area is 78.2 Å². The van der Waals surface area contributed by atoms with Crippen LogP contribution in [0.3, 0.4) is 0 Å². The highest BCUT2D eigenvalue weighted by Crippen LogP contribution is 1.92. The average Bonchev–Trinajstić information content (AvgIpc) is 2.16. The monoisotopic (exact) mass is 180 g/mol. The van der Waals surface area contributed by atoms with Gasteiger partial charge in [0, 0.05) is 36.6 Å². The molecule has 0 aliphatic heterocycles. The van der Waals surface area contributed by atoms with Crippen molar-refractivity contribution < 1.29 is 0 Å². The maximum absolute atomic E-state index is 11.3. The molecule has 0 aliphatic carbocycles. The van der Waals surface area contributed by atoms with Gasteiger partial charge in [-0.25, -0.2) is 0 Å². The lowest BCUT2D eigenvalue weighted by Crippen LogP contribution is -2.27. The van der Waals surface area contributed by atoms with Crippen molar-refractivity contribution in [3.8, 4) is 0 Å².